The van der Waals surface area contributed by atoms with Gasteiger partial charge in [0, 0.05) is 17.8 Å². The fourth-order valence-corrected chi connectivity index (χ4v) is 2.59. The predicted molar refractivity (Wildman–Crippen MR) is 106 cm³/mol. The summed E-state index contributed by atoms with van der Waals surface area (Å²) >= 11 is 0. The molecule has 2 rings (SSSR count). The third kappa shape index (κ3) is 7.08. The molecule has 0 atom stereocenters. The largest absolute Gasteiger partial charge is 0.494 e. The van der Waals surface area contributed by atoms with Crippen LogP contribution >= 0.6 is 0 Å². The Labute approximate surface area is 152 Å². The van der Waals surface area contributed by atoms with Gasteiger partial charge >= 0.3 is 0 Å². The topological polar surface area (TPSA) is 30.5 Å². The second-order valence-electron chi connectivity index (χ2n) is 6.24. The van der Waals surface area contributed by atoms with Gasteiger partial charge < -0.3 is 14.8 Å². The molecule has 0 bridgehead atoms. The number of unbranched alkanes of at least 4 members (excludes halogenated alkanes) is 3. The van der Waals surface area contributed by atoms with E-state index in [1.54, 1.807) is 0 Å². The van der Waals surface area contributed by atoms with Crippen molar-refractivity contribution in [2.24, 2.45) is 0 Å². The number of para-hydroxylation sites is 1. The van der Waals surface area contributed by atoms with Crippen LogP contribution in [0.2, 0.25) is 0 Å². The van der Waals surface area contributed by atoms with Gasteiger partial charge in [-0.2, -0.15) is 0 Å². The van der Waals surface area contributed by atoms with Crippen molar-refractivity contribution >= 4 is 5.69 Å². The Balaban J connectivity index is 1.83. The number of nitrogens with one attached hydrogen (secondary N) is 1. The van der Waals surface area contributed by atoms with E-state index in [0.29, 0.717) is 0 Å². The average molecular weight is 341 g/mol. The van der Waals surface area contributed by atoms with E-state index in [9.17, 15) is 0 Å². The summed E-state index contributed by atoms with van der Waals surface area (Å²) in [5, 5.41) is 3.46. The molecule has 0 fully saturated rings. The zero-order valence-corrected chi connectivity index (χ0v) is 15.6. The highest BCUT2D eigenvalue weighted by Crippen LogP contribution is 2.21. The molecule has 0 aliphatic heterocycles. The van der Waals surface area contributed by atoms with Crippen molar-refractivity contribution in [1.29, 1.82) is 0 Å². The fourth-order valence-electron chi connectivity index (χ4n) is 2.59. The molecule has 25 heavy (non-hydrogen) atoms. The molecule has 1 N–H and O–H groups in total. The van der Waals surface area contributed by atoms with Gasteiger partial charge in [0.05, 0.1) is 13.2 Å². The molecule has 0 radical (unpaired) electrons. The molecule has 0 heterocycles. The Morgan fingerprint density at radius 3 is 2.32 bits per heavy atom. The summed E-state index contributed by atoms with van der Waals surface area (Å²) in [5.74, 6) is 1.90. The van der Waals surface area contributed by atoms with Gasteiger partial charge in [-0.15, -0.1) is 0 Å². The number of rotatable bonds is 12. The summed E-state index contributed by atoms with van der Waals surface area (Å²) in [7, 11) is 0. The fraction of sp³-hybridized carbons (Fsp3) is 0.455. The van der Waals surface area contributed by atoms with E-state index < -0.39 is 0 Å². The summed E-state index contributed by atoms with van der Waals surface area (Å²) in [6, 6.07) is 16.4. The lowest BCUT2D eigenvalue weighted by atomic mass is 10.2. The monoisotopic (exact) mass is 341 g/mol. The minimum atomic E-state index is 0.750. The maximum absolute atomic E-state index is 5.98. The lowest BCUT2D eigenvalue weighted by molar-refractivity contribution is 0.302. The van der Waals surface area contributed by atoms with Crippen LogP contribution in [0.25, 0.3) is 0 Å². The van der Waals surface area contributed by atoms with Crippen LogP contribution < -0.4 is 14.8 Å². The molecular formula is C22H31NO2. The number of anilines is 1. The highest BCUT2D eigenvalue weighted by Gasteiger charge is 2.03. The molecule has 2 aromatic rings. The van der Waals surface area contributed by atoms with Gasteiger partial charge in [0.15, 0.2) is 0 Å². The van der Waals surface area contributed by atoms with Crippen molar-refractivity contribution in [3.63, 3.8) is 0 Å². The van der Waals surface area contributed by atoms with E-state index in [4.69, 9.17) is 9.47 Å². The molecule has 3 nitrogen and oxygen atoms in total. The maximum atomic E-state index is 5.98. The first-order valence-corrected chi connectivity index (χ1v) is 9.51. The van der Waals surface area contributed by atoms with Crippen molar-refractivity contribution < 1.29 is 9.47 Å². The van der Waals surface area contributed by atoms with E-state index in [1.807, 2.05) is 18.2 Å². The molecule has 0 saturated heterocycles. The highest BCUT2D eigenvalue weighted by molar-refractivity contribution is 5.47. The van der Waals surface area contributed by atoms with Gasteiger partial charge in [0.25, 0.3) is 0 Å². The van der Waals surface area contributed by atoms with Crippen LogP contribution in [0.5, 0.6) is 11.5 Å². The van der Waals surface area contributed by atoms with Crippen molar-refractivity contribution in [3.05, 3.63) is 54.1 Å². The zero-order chi connectivity index (χ0) is 17.7. The zero-order valence-electron chi connectivity index (χ0n) is 15.6. The Morgan fingerprint density at radius 2 is 1.56 bits per heavy atom. The molecule has 136 valence electrons. The number of benzene rings is 2. The van der Waals surface area contributed by atoms with E-state index in [1.165, 1.54) is 24.8 Å². The van der Waals surface area contributed by atoms with Crippen LogP contribution in [0.4, 0.5) is 5.69 Å². The molecule has 0 aliphatic rings. The lowest BCUT2D eigenvalue weighted by Gasteiger charge is -2.13. The molecule has 0 amide bonds. The quantitative estimate of drug-likeness (QED) is 0.477. The first-order valence-electron chi connectivity index (χ1n) is 9.51. The SMILES string of the molecule is CCCCCCOc1ccccc1CNc1ccc(OCCC)cc1. The minimum Gasteiger partial charge on any atom is -0.494 e. The third-order valence-corrected chi connectivity index (χ3v) is 4.04. The van der Waals surface area contributed by atoms with Gasteiger partial charge in [0.1, 0.15) is 11.5 Å². The predicted octanol–water partition coefficient (Wildman–Crippen LogP) is 6.05. The molecular weight excluding hydrogens is 310 g/mol. The van der Waals surface area contributed by atoms with Crippen molar-refractivity contribution in [2.45, 2.75) is 52.5 Å². The summed E-state index contributed by atoms with van der Waals surface area (Å²) in [4.78, 5) is 0. The van der Waals surface area contributed by atoms with Crippen LogP contribution in [0.15, 0.2) is 48.5 Å². The molecule has 0 saturated carbocycles. The van der Waals surface area contributed by atoms with Gasteiger partial charge in [-0.3, -0.25) is 0 Å². The molecule has 2 aromatic carbocycles. The van der Waals surface area contributed by atoms with Crippen molar-refractivity contribution in [3.8, 4) is 11.5 Å². The number of ether oxygens (including phenoxy) is 2. The van der Waals surface area contributed by atoms with Crippen molar-refractivity contribution in [2.75, 3.05) is 18.5 Å². The van der Waals surface area contributed by atoms with Gasteiger partial charge in [-0.05, 0) is 43.2 Å². The van der Waals surface area contributed by atoms with E-state index in [2.05, 4.69) is 49.5 Å². The van der Waals surface area contributed by atoms with Crippen LogP contribution in [0.3, 0.4) is 0 Å². The van der Waals surface area contributed by atoms with E-state index in [-0.39, 0.29) is 0 Å². The molecule has 3 heteroatoms. The highest BCUT2D eigenvalue weighted by atomic mass is 16.5. The normalized spacial score (nSPS) is 10.5. The first-order chi connectivity index (χ1) is 12.3. The summed E-state index contributed by atoms with van der Waals surface area (Å²) in [5.41, 5.74) is 2.27. The van der Waals surface area contributed by atoms with E-state index >= 15 is 0 Å². The lowest BCUT2D eigenvalue weighted by Crippen LogP contribution is -2.04. The Morgan fingerprint density at radius 1 is 0.760 bits per heavy atom. The second kappa shape index (κ2) is 11.4. The molecule has 0 aliphatic carbocycles. The smallest absolute Gasteiger partial charge is 0.124 e. The molecule has 0 spiro atoms. The number of hydrogen-bond donors (Lipinski definition) is 1. The van der Waals surface area contributed by atoms with Crippen molar-refractivity contribution in [1.82, 2.24) is 0 Å². The van der Waals surface area contributed by atoms with Crippen LogP contribution in [0.1, 0.15) is 51.5 Å². The Bertz CT molecular complexity index is 595. The maximum Gasteiger partial charge on any atom is 0.124 e. The average Bonchev–Trinajstić information content (AvgIpc) is 2.66. The van der Waals surface area contributed by atoms with Crippen LogP contribution in [-0.2, 0) is 6.54 Å². The summed E-state index contributed by atoms with van der Waals surface area (Å²) in [6.45, 7) is 6.64. The van der Waals surface area contributed by atoms with Gasteiger partial charge in [-0.25, -0.2) is 0 Å². The molecule has 0 unspecified atom stereocenters. The number of hydrogen-bond acceptors (Lipinski definition) is 3. The Hall–Kier alpha value is -2.16. The minimum absolute atomic E-state index is 0.750. The standard InChI is InChI=1S/C22H31NO2/c1-3-5-6-9-17-25-22-11-8-7-10-19(22)18-23-20-12-14-21(15-13-20)24-16-4-2/h7-8,10-15,23H,3-6,9,16-18H2,1-2H3. The summed E-state index contributed by atoms with van der Waals surface area (Å²) < 4.78 is 11.6. The van der Waals surface area contributed by atoms with Crippen LogP contribution in [-0.4, -0.2) is 13.2 Å². The first kappa shape index (κ1) is 19.2. The Kier molecular flexibility index (Phi) is 8.74. The third-order valence-electron chi connectivity index (χ3n) is 4.04. The van der Waals surface area contributed by atoms with Crippen LogP contribution in [0, 0.1) is 0 Å². The van der Waals surface area contributed by atoms with E-state index in [0.717, 1.165) is 49.8 Å². The second-order valence-corrected chi connectivity index (χ2v) is 6.24. The van der Waals surface area contributed by atoms with Gasteiger partial charge in [0.2, 0.25) is 0 Å². The summed E-state index contributed by atoms with van der Waals surface area (Å²) in [6.07, 6.45) is 5.92. The van der Waals surface area contributed by atoms with Gasteiger partial charge in [-0.1, -0.05) is 51.3 Å². The molecule has 0 aromatic heterocycles.